The van der Waals surface area contributed by atoms with Crippen molar-refractivity contribution in [3.05, 3.63) is 136 Å². The van der Waals surface area contributed by atoms with Gasteiger partial charge in [-0.1, -0.05) is 88.7 Å². The lowest BCUT2D eigenvalue weighted by molar-refractivity contribution is -0.128. The number of aliphatic imine (C=N–C) groups is 1. The van der Waals surface area contributed by atoms with Gasteiger partial charge in [-0.25, -0.2) is 4.99 Å². The van der Waals surface area contributed by atoms with Crippen molar-refractivity contribution >= 4 is 27.7 Å². The Bertz CT molecular complexity index is 1440. The van der Waals surface area contributed by atoms with Crippen molar-refractivity contribution in [2.45, 2.75) is 30.9 Å². The average Bonchev–Trinajstić information content (AvgIpc) is 3.40. The lowest BCUT2D eigenvalue weighted by Gasteiger charge is -2.31. The van der Waals surface area contributed by atoms with Gasteiger partial charge in [-0.2, -0.15) is 0 Å². The Labute approximate surface area is 249 Å². The smallest absolute Gasteiger partial charge is 0.252 e. The second-order valence-corrected chi connectivity index (χ2v) is 10.9. The van der Waals surface area contributed by atoms with Crippen LogP contribution in [0.4, 0.5) is 0 Å². The molecular weight excluding hydrogens is 580 g/mol. The Morgan fingerprint density at radius 1 is 0.902 bits per heavy atom. The van der Waals surface area contributed by atoms with Gasteiger partial charge in [0.15, 0.2) is 11.6 Å². The quantitative estimate of drug-likeness (QED) is 0.190. The van der Waals surface area contributed by atoms with Crippen molar-refractivity contribution in [2.75, 3.05) is 19.8 Å². The molecule has 0 saturated heterocycles. The topological polar surface area (TPSA) is 80.2 Å². The van der Waals surface area contributed by atoms with Crippen LogP contribution in [0.15, 0.2) is 119 Å². The summed E-state index contributed by atoms with van der Waals surface area (Å²) in [6, 6.07) is 35.4. The number of halogens is 1. The van der Waals surface area contributed by atoms with E-state index in [4.69, 9.17) is 19.6 Å². The number of ether oxygens (including phenoxy) is 2. The fourth-order valence-corrected chi connectivity index (χ4v) is 5.21. The normalized spacial score (nSPS) is 17.9. The summed E-state index contributed by atoms with van der Waals surface area (Å²) in [5.74, 6) is 0.931. The fraction of sp³-hybridized carbons (Fsp3) is 0.235. The van der Waals surface area contributed by atoms with Gasteiger partial charge in [0.05, 0.1) is 6.61 Å². The first-order valence-corrected chi connectivity index (χ1v) is 14.6. The molecule has 1 aliphatic rings. The maximum absolute atomic E-state index is 14.2. The summed E-state index contributed by atoms with van der Waals surface area (Å²) in [7, 11) is 0. The molecule has 0 radical (unpaired) electrons. The Kier molecular flexibility index (Phi) is 9.49. The zero-order valence-electron chi connectivity index (χ0n) is 22.7. The molecule has 1 aliphatic heterocycles. The average molecular weight is 614 g/mol. The summed E-state index contributed by atoms with van der Waals surface area (Å²) in [4.78, 5) is 19.3. The van der Waals surface area contributed by atoms with Gasteiger partial charge in [0.2, 0.25) is 5.90 Å². The van der Waals surface area contributed by atoms with Crippen molar-refractivity contribution in [3.63, 3.8) is 0 Å². The number of nitrogens with zero attached hydrogens (tertiary/aromatic N) is 1. The van der Waals surface area contributed by atoms with Crippen molar-refractivity contribution in [3.8, 4) is 5.75 Å². The highest BCUT2D eigenvalue weighted by atomic mass is 79.9. The van der Waals surface area contributed by atoms with Crippen LogP contribution in [-0.4, -0.2) is 42.2 Å². The van der Waals surface area contributed by atoms with E-state index < -0.39 is 11.6 Å². The monoisotopic (exact) mass is 612 g/mol. The van der Waals surface area contributed by atoms with Crippen LogP contribution in [0.25, 0.3) is 0 Å². The number of hydrogen-bond donors (Lipinski definition) is 2. The summed E-state index contributed by atoms with van der Waals surface area (Å²) in [6.45, 7) is 0.997. The van der Waals surface area contributed by atoms with Gasteiger partial charge in [0.1, 0.15) is 5.75 Å². The number of nitrogens with one attached hydrogen (secondary N) is 1. The third-order valence-corrected chi connectivity index (χ3v) is 7.59. The molecule has 7 heteroatoms. The molecule has 0 unspecified atom stereocenters. The number of rotatable bonds is 12. The van der Waals surface area contributed by atoms with Crippen LogP contribution in [0, 0.1) is 0 Å². The lowest BCUT2D eigenvalue weighted by Crippen LogP contribution is -2.50. The molecule has 0 saturated carbocycles. The number of carbonyl (C=O) groups excluding carboxylic acids is 1. The molecule has 210 valence electrons. The summed E-state index contributed by atoms with van der Waals surface area (Å²) >= 11 is 3.52. The standard InChI is InChI=1S/C34H33BrN2O4/c35-29-16-12-26(13-17-29)24-34(33(39)36-21-20-25-8-3-1-4-9-25)31(27-10-5-2-6-11-27)41-32(37-34)28-14-18-30(19-15-28)40-23-7-22-38/h1-6,8-19,31,38H,7,20-24H2,(H,36,39)/t31-,34-/m1/s1. The molecule has 2 atom stereocenters. The minimum absolute atomic E-state index is 0.0808. The van der Waals surface area contributed by atoms with E-state index in [0.717, 1.165) is 26.7 Å². The molecule has 0 fully saturated rings. The lowest BCUT2D eigenvalue weighted by atomic mass is 9.82. The van der Waals surface area contributed by atoms with Crippen LogP contribution in [-0.2, 0) is 22.4 Å². The van der Waals surface area contributed by atoms with Gasteiger partial charge in [0.25, 0.3) is 5.91 Å². The maximum atomic E-state index is 14.2. The molecule has 0 bridgehead atoms. The van der Waals surface area contributed by atoms with Crippen LogP contribution >= 0.6 is 15.9 Å². The van der Waals surface area contributed by atoms with E-state index in [1.807, 2.05) is 97.1 Å². The molecule has 0 aliphatic carbocycles. The van der Waals surface area contributed by atoms with Crippen molar-refractivity contribution in [2.24, 2.45) is 4.99 Å². The first-order chi connectivity index (χ1) is 20.1. The first kappa shape index (κ1) is 28.6. The van der Waals surface area contributed by atoms with E-state index in [1.54, 1.807) is 0 Å². The maximum Gasteiger partial charge on any atom is 0.252 e. The van der Waals surface area contributed by atoms with Crippen molar-refractivity contribution < 1.29 is 19.4 Å². The number of carbonyl (C=O) groups is 1. The highest BCUT2D eigenvalue weighted by Crippen LogP contribution is 2.42. The third-order valence-electron chi connectivity index (χ3n) is 7.06. The van der Waals surface area contributed by atoms with Gasteiger partial charge < -0.3 is 19.9 Å². The van der Waals surface area contributed by atoms with Gasteiger partial charge in [-0.3, -0.25) is 4.79 Å². The fourth-order valence-electron chi connectivity index (χ4n) is 4.94. The van der Waals surface area contributed by atoms with E-state index in [2.05, 4.69) is 33.4 Å². The van der Waals surface area contributed by atoms with Crippen LogP contribution in [0.5, 0.6) is 5.75 Å². The van der Waals surface area contributed by atoms with Crippen molar-refractivity contribution in [1.29, 1.82) is 0 Å². The zero-order valence-corrected chi connectivity index (χ0v) is 24.3. The van der Waals surface area contributed by atoms with Crippen LogP contribution < -0.4 is 10.1 Å². The van der Waals surface area contributed by atoms with Crippen LogP contribution in [0.2, 0.25) is 0 Å². The van der Waals surface area contributed by atoms with Gasteiger partial charge in [-0.15, -0.1) is 0 Å². The molecule has 6 nitrogen and oxygen atoms in total. The van der Waals surface area contributed by atoms with Gasteiger partial charge >= 0.3 is 0 Å². The second-order valence-electron chi connectivity index (χ2n) is 9.99. The zero-order chi connectivity index (χ0) is 28.5. The Morgan fingerprint density at radius 2 is 1.59 bits per heavy atom. The summed E-state index contributed by atoms with van der Waals surface area (Å²) in [6.07, 6.45) is 1.02. The number of aliphatic hydroxyl groups is 1. The second kappa shape index (κ2) is 13.6. The number of benzene rings is 4. The van der Waals surface area contributed by atoms with Crippen molar-refractivity contribution in [1.82, 2.24) is 5.32 Å². The summed E-state index contributed by atoms with van der Waals surface area (Å²) in [5, 5.41) is 12.2. The molecular formula is C34H33BrN2O4. The molecule has 2 N–H and O–H groups in total. The van der Waals surface area contributed by atoms with Gasteiger partial charge in [0, 0.05) is 36.0 Å². The van der Waals surface area contributed by atoms with E-state index in [9.17, 15) is 4.79 Å². The number of hydrogen-bond acceptors (Lipinski definition) is 5. The van der Waals surface area contributed by atoms with Gasteiger partial charge in [-0.05, 0) is 59.5 Å². The Morgan fingerprint density at radius 3 is 2.27 bits per heavy atom. The largest absolute Gasteiger partial charge is 0.494 e. The predicted molar refractivity (Wildman–Crippen MR) is 164 cm³/mol. The minimum Gasteiger partial charge on any atom is -0.494 e. The Hall–Kier alpha value is -3.94. The highest BCUT2D eigenvalue weighted by Gasteiger charge is 2.53. The summed E-state index contributed by atoms with van der Waals surface area (Å²) in [5.41, 5.74) is 2.55. The molecule has 4 aromatic carbocycles. The molecule has 0 aromatic heterocycles. The highest BCUT2D eigenvalue weighted by molar-refractivity contribution is 9.10. The predicted octanol–water partition coefficient (Wildman–Crippen LogP) is 6.07. The molecule has 0 spiro atoms. The van der Waals surface area contributed by atoms with E-state index in [0.29, 0.717) is 44.1 Å². The molecule has 41 heavy (non-hydrogen) atoms. The molecule has 4 aromatic rings. The number of aliphatic hydroxyl groups excluding tert-OH is 1. The molecule has 5 rings (SSSR count). The van der Waals surface area contributed by atoms with Crippen LogP contribution in [0.1, 0.15) is 34.8 Å². The summed E-state index contributed by atoms with van der Waals surface area (Å²) < 4.78 is 13.2. The van der Waals surface area contributed by atoms with E-state index >= 15 is 0 Å². The SMILES string of the molecule is O=C(NCCc1ccccc1)[C@]1(Cc2ccc(Br)cc2)N=C(c2ccc(OCCCO)cc2)O[C@@H]1c1ccccc1. The van der Waals surface area contributed by atoms with Crippen LogP contribution in [0.3, 0.4) is 0 Å². The third kappa shape index (κ3) is 7.04. The van der Waals surface area contributed by atoms with E-state index in [1.165, 1.54) is 0 Å². The molecule has 1 amide bonds. The first-order valence-electron chi connectivity index (χ1n) is 13.8. The minimum atomic E-state index is -1.22. The molecule has 1 heterocycles. The Balaban J connectivity index is 1.49. The van der Waals surface area contributed by atoms with E-state index in [-0.39, 0.29) is 12.5 Å². The number of amides is 1.